The summed E-state index contributed by atoms with van der Waals surface area (Å²) in [5.41, 5.74) is 0.848. The van der Waals surface area contributed by atoms with Gasteiger partial charge in [0.15, 0.2) is 14.1 Å². The van der Waals surface area contributed by atoms with E-state index in [1.807, 2.05) is 12.1 Å². The smallest absolute Gasteiger partial charge is 0.193 e. The van der Waals surface area contributed by atoms with Crippen LogP contribution in [0.1, 0.15) is 38.2 Å². The van der Waals surface area contributed by atoms with Crippen LogP contribution < -0.4 is 5.32 Å². The van der Waals surface area contributed by atoms with Crippen LogP contribution in [0.3, 0.4) is 0 Å². The Hall–Kier alpha value is -0.853. The third-order valence-corrected chi connectivity index (χ3v) is 10.1. The number of hydrogen-bond donors (Lipinski definition) is 1. The largest absolute Gasteiger partial charge is 0.463 e. The standard InChI is InChI=1S/C18H26Cl2N2O2Si/c1-4-25(5-2,6-3)24-17(13-21-10-14-8-7-9-23-14)18-15(19)11-22-12-16(18)20/h7-9,11-12,17,21H,4-6,10,13H2,1-3H3/p+1. The van der Waals surface area contributed by atoms with Crippen LogP contribution in [-0.2, 0) is 11.0 Å². The first-order valence-electron chi connectivity index (χ1n) is 8.86. The van der Waals surface area contributed by atoms with Crippen LogP contribution in [0.2, 0.25) is 28.2 Å². The molecule has 0 amide bonds. The van der Waals surface area contributed by atoms with E-state index in [2.05, 4.69) is 31.1 Å². The molecule has 0 aliphatic heterocycles. The fourth-order valence-electron chi connectivity index (χ4n) is 3.06. The van der Waals surface area contributed by atoms with Gasteiger partial charge < -0.3 is 14.2 Å². The zero-order valence-electron chi connectivity index (χ0n) is 15.1. The first-order valence-corrected chi connectivity index (χ1v) is 12.1. The van der Waals surface area contributed by atoms with Crippen LogP contribution in [-0.4, -0.2) is 19.8 Å². The van der Waals surface area contributed by atoms with Gasteiger partial charge in [0.25, 0.3) is 0 Å². The summed E-state index contributed by atoms with van der Waals surface area (Å²) in [4.78, 5) is 4.07. The van der Waals surface area contributed by atoms with Crippen molar-refractivity contribution in [3.8, 4) is 0 Å². The minimum atomic E-state index is -1.81. The average Bonchev–Trinajstić information content (AvgIpc) is 3.12. The van der Waals surface area contributed by atoms with Gasteiger partial charge in [0.2, 0.25) is 0 Å². The molecule has 0 bridgehead atoms. The Morgan fingerprint density at radius 1 is 1.16 bits per heavy atom. The van der Waals surface area contributed by atoms with Crippen molar-refractivity contribution >= 4 is 31.5 Å². The number of rotatable bonds is 10. The molecular formula is C18H27Cl2N2O2Si+. The van der Waals surface area contributed by atoms with Crippen molar-refractivity contribution in [1.82, 2.24) is 4.98 Å². The number of pyridine rings is 1. The molecule has 0 saturated carbocycles. The Balaban J connectivity index is 2.21. The van der Waals surface area contributed by atoms with Gasteiger partial charge >= 0.3 is 0 Å². The number of furan rings is 1. The summed E-state index contributed by atoms with van der Waals surface area (Å²) in [5.74, 6) is 0.940. The molecule has 25 heavy (non-hydrogen) atoms. The molecule has 0 spiro atoms. The van der Waals surface area contributed by atoms with E-state index in [0.717, 1.165) is 42.5 Å². The molecule has 4 nitrogen and oxygen atoms in total. The molecule has 7 heteroatoms. The van der Waals surface area contributed by atoms with Gasteiger partial charge in [-0.25, -0.2) is 0 Å². The third kappa shape index (κ3) is 5.31. The molecular weight excluding hydrogens is 375 g/mol. The van der Waals surface area contributed by atoms with E-state index in [1.54, 1.807) is 18.7 Å². The molecule has 138 valence electrons. The molecule has 2 heterocycles. The third-order valence-electron chi connectivity index (χ3n) is 4.84. The number of nitrogens with two attached hydrogens (primary N) is 1. The Bertz CT molecular complexity index is 620. The first kappa shape index (κ1) is 20.5. The van der Waals surface area contributed by atoms with Gasteiger partial charge in [-0.3, -0.25) is 4.98 Å². The molecule has 0 aromatic carbocycles. The van der Waals surface area contributed by atoms with Crippen LogP contribution in [0.25, 0.3) is 0 Å². The van der Waals surface area contributed by atoms with Crippen molar-refractivity contribution in [2.24, 2.45) is 0 Å². The van der Waals surface area contributed by atoms with Gasteiger partial charge in [-0.15, -0.1) is 0 Å². The van der Waals surface area contributed by atoms with Gasteiger partial charge in [0.1, 0.15) is 19.2 Å². The predicted molar refractivity (Wildman–Crippen MR) is 104 cm³/mol. The van der Waals surface area contributed by atoms with Crippen molar-refractivity contribution in [2.45, 2.75) is 51.6 Å². The lowest BCUT2D eigenvalue weighted by molar-refractivity contribution is -0.678. The quantitative estimate of drug-likeness (QED) is 0.581. The van der Waals surface area contributed by atoms with Crippen LogP contribution in [0.4, 0.5) is 0 Å². The molecule has 2 rings (SSSR count). The lowest BCUT2D eigenvalue weighted by Gasteiger charge is -2.33. The molecule has 2 N–H and O–H groups in total. The molecule has 1 atom stereocenters. The summed E-state index contributed by atoms with van der Waals surface area (Å²) in [5, 5.41) is 3.31. The van der Waals surface area contributed by atoms with Crippen molar-refractivity contribution in [3.63, 3.8) is 0 Å². The second-order valence-electron chi connectivity index (χ2n) is 6.17. The van der Waals surface area contributed by atoms with Gasteiger partial charge in [0.05, 0.1) is 16.3 Å². The summed E-state index contributed by atoms with van der Waals surface area (Å²) in [6.07, 6.45) is 4.82. The number of aromatic nitrogens is 1. The molecule has 0 aliphatic carbocycles. The summed E-state index contributed by atoms with van der Waals surface area (Å²) in [6.45, 7) is 8.15. The molecule has 0 saturated heterocycles. The minimum absolute atomic E-state index is 0.149. The maximum atomic E-state index is 6.73. The lowest BCUT2D eigenvalue weighted by atomic mass is 10.1. The first-order chi connectivity index (χ1) is 12.0. The van der Waals surface area contributed by atoms with Crippen LogP contribution in [0, 0.1) is 0 Å². The topological polar surface area (TPSA) is 51.9 Å². The van der Waals surface area contributed by atoms with E-state index in [1.165, 1.54) is 0 Å². The van der Waals surface area contributed by atoms with Gasteiger partial charge in [-0.2, -0.15) is 0 Å². The highest BCUT2D eigenvalue weighted by atomic mass is 35.5. The Kier molecular flexibility index (Phi) is 7.97. The van der Waals surface area contributed by atoms with E-state index in [9.17, 15) is 0 Å². The molecule has 1 unspecified atom stereocenters. The molecule has 0 aliphatic rings. The fraction of sp³-hybridized carbons (Fsp3) is 0.500. The summed E-state index contributed by atoms with van der Waals surface area (Å²) in [6, 6.07) is 7.11. The second kappa shape index (κ2) is 9.74. The Morgan fingerprint density at radius 2 is 1.80 bits per heavy atom. The fourth-order valence-corrected chi connectivity index (χ4v) is 6.49. The molecule has 2 aromatic heterocycles. The van der Waals surface area contributed by atoms with Crippen molar-refractivity contribution in [2.75, 3.05) is 6.54 Å². The van der Waals surface area contributed by atoms with Crippen LogP contribution >= 0.6 is 23.2 Å². The average molecular weight is 402 g/mol. The maximum absolute atomic E-state index is 6.73. The monoisotopic (exact) mass is 401 g/mol. The zero-order chi connectivity index (χ0) is 18.3. The summed E-state index contributed by atoms with van der Waals surface area (Å²) < 4.78 is 12.1. The highest BCUT2D eigenvalue weighted by Crippen LogP contribution is 2.35. The van der Waals surface area contributed by atoms with Gasteiger partial charge in [0, 0.05) is 18.0 Å². The van der Waals surface area contributed by atoms with Crippen LogP contribution in [0.5, 0.6) is 0 Å². The van der Waals surface area contributed by atoms with Gasteiger partial charge in [-0.1, -0.05) is 44.0 Å². The predicted octanol–water partition coefficient (Wildman–Crippen LogP) is 4.81. The zero-order valence-corrected chi connectivity index (χ0v) is 17.6. The normalized spacial score (nSPS) is 13.2. The van der Waals surface area contributed by atoms with Crippen LogP contribution in [0.15, 0.2) is 35.2 Å². The number of nitrogens with zero attached hydrogens (tertiary/aromatic N) is 1. The number of hydrogen-bond acceptors (Lipinski definition) is 3. The van der Waals surface area contributed by atoms with E-state index in [-0.39, 0.29) is 6.10 Å². The number of halogens is 2. The Morgan fingerprint density at radius 3 is 2.32 bits per heavy atom. The highest BCUT2D eigenvalue weighted by molar-refractivity contribution is 6.73. The summed E-state index contributed by atoms with van der Waals surface area (Å²) in [7, 11) is -1.81. The van der Waals surface area contributed by atoms with Crippen molar-refractivity contribution in [3.05, 3.63) is 52.2 Å². The highest BCUT2D eigenvalue weighted by Gasteiger charge is 2.34. The van der Waals surface area contributed by atoms with E-state index in [0.29, 0.717) is 10.0 Å². The van der Waals surface area contributed by atoms with Crippen molar-refractivity contribution < 1.29 is 14.2 Å². The maximum Gasteiger partial charge on any atom is 0.193 e. The minimum Gasteiger partial charge on any atom is -0.463 e. The second-order valence-corrected chi connectivity index (χ2v) is 11.7. The van der Waals surface area contributed by atoms with Crippen molar-refractivity contribution in [1.29, 1.82) is 0 Å². The molecule has 2 aromatic rings. The Labute approximate surface area is 161 Å². The summed E-state index contributed by atoms with van der Waals surface area (Å²) >= 11 is 12.8. The van der Waals surface area contributed by atoms with E-state index < -0.39 is 8.32 Å². The lowest BCUT2D eigenvalue weighted by Crippen LogP contribution is -2.84. The van der Waals surface area contributed by atoms with E-state index in [4.69, 9.17) is 32.0 Å². The number of quaternary nitrogens is 1. The van der Waals surface area contributed by atoms with E-state index >= 15 is 0 Å². The molecule has 0 radical (unpaired) electrons. The SMILES string of the molecule is CC[Si](CC)(CC)OC(C[NH2+]Cc1ccco1)c1c(Cl)cncc1Cl. The van der Waals surface area contributed by atoms with Gasteiger partial charge in [-0.05, 0) is 30.3 Å². The molecule has 0 fully saturated rings.